The fraction of sp³-hybridized carbons (Fsp3) is 0.929. The molecule has 2 aliphatic rings. The molecule has 2 rings (SSSR count). The van der Waals surface area contributed by atoms with Gasteiger partial charge in [0.05, 0.1) is 6.54 Å². The van der Waals surface area contributed by atoms with Crippen molar-refractivity contribution in [2.45, 2.75) is 38.6 Å². The van der Waals surface area contributed by atoms with Crippen LogP contribution in [0.3, 0.4) is 0 Å². The van der Waals surface area contributed by atoms with Crippen molar-refractivity contribution in [1.82, 2.24) is 15.5 Å². The summed E-state index contributed by atoms with van der Waals surface area (Å²) in [5.41, 5.74) is 0. The fourth-order valence-corrected chi connectivity index (χ4v) is 2.88. The van der Waals surface area contributed by atoms with E-state index < -0.39 is 0 Å². The maximum atomic E-state index is 11.8. The van der Waals surface area contributed by atoms with Crippen LogP contribution in [0.1, 0.15) is 32.6 Å². The molecule has 0 aromatic carbocycles. The van der Waals surface area contributed by atoms with Gasteiger partial charge in [-0.3, -0.25) is 9.69 Å². The highest BCUT2D eigenvalue weighted by atomic mass is 16.2. The predicted octanol–water partition coefficient (Wildman–Crippen LogP) is 0.833. The van der Waals surface area contributed by atoms with E-state index in [1.165, 1.54) is 19.3 Å². The van der Waals surface area contributed by atoms with Crippen molar-refractivity contribution < 1.29 is 4.79 Å². The fourth-order valence-electron chi connectivity index (χ4n) is 2.88. The van der Waals surface area contributed by atoms with Crippen LogP contribution in [0.4, 0.5) is 0 Å². The van der Waals surface area contributed by atoms with Gasteiger partial charge in [0.15, 0.2) is 0 Å². The normalized spacial score (nSPS) is 29.2. The zero-order chi connectivity index (χ0) is 13.0. The van der Waals surface area contributed by atoms with Crippen LogP contribution in [0.2, 0.25) is 0 Å². The van der Waals surface area contributed by atoms with E-state index in [0.29, 0.717) is 18.5 Å². The predicted molar refractivity (Wildman–Crippen MR) is 73.4 cm³/mol. The van der Waals surface area contributed by atoms with E-state index in [-0.39, 0.29) is 5.91 Å². The minimum Gasteiger partial charge on any atom is -0.355 e. The van der Waals surface area contributed by atoms with Crippen LogP contribution in [-0.2, 0) is 4.79 Å². The molecular weight excluding hydrogens is 226 g/mol. The van der Waals surface area contributed by atoms with Gasteiger partial charge in [-0.05, 0) is 38.1 Å². The molecule has 1 saturated heterocycles. The molecule has 1 heterocycles. The number of piperidine rings is 1. The van der Waals surface area contributed by atoms with Crippen LogP contribution >= 0.6 is 0 Å². The minimum absolute atomic E-state index is 0.208. The van der Waals surface area contributed by atoms with Gasteiger partial charge in [-0.25, -0.2) is 0 Å². The van der Waals surface area contributed by atoms with Gasteiger partial charge in [0.2, 0.25) is 5.91 Å². The maximum absolute atomic E-state index is 11.8. The summed E-state index contributed by atoms with van der Waals surface area (Å²) >= 11 is 0. The summed E-state index contributed by atoms with van der Waals surface area (Å²) in [5.74, 6) is 1.66. The Balaban J connectivity index is 1.70. The van der Waals surface area contributed by atoms with E-state index in [1.54, 1.807) is 0 Å². The molecule has 4 nitrogen and oxygen atoms in total. The molecule has 4 heteroatoms. The third-order valence-electron chi connectivity index (χ3n) is 4.37. The smallest absolute Gasteiger partial charge is 0.234 e. The summed E-state index contributed by atoms with van der Waals surface area (Å²) in [6.07, 6.45) is 4.94. The van der Waals surface area contributed by atoms with Gasteiger partial charge in [0, 0.05) is 25.7 Å². The Morgan fingerprint density at radius 3 is 2.72 bits per heavy atom. The molecule has 18 heavy (non-hydrogen) atoms. The summed E-state index contributed by atoms with van der Waals surface area (Å²) < 4.78 is 0. The third kappa shape index (κ3) is 3.95. The number of carbonyl (C=O) groups excluding carboxylic acids is 1. The third-order valence-corrected chi connectivity index (χ3v) is 4.37. The van der Waals surface area contributed by atoms with Crippen LogP contribution < -0.4 is 10.6 Å². The second-order valence-electron chi connectivity index (χ2n) is 5.83. The van der Waals surface area contributed by atoms with Crippen LogP contribution in [0.5, 0.6) is 0 Å². The molecule has 1 aliphatic carbocycles. The number of nitrogens with one attached hydrogen (secondary N) is 2. The average molecular weight is 253 g/mol. The van der Waals surface area contributed by atoms with Gasteiger partial charge >= 0.3 is 0 Å². The number of likely N-dealkylation sites (tertiary alicyclic amines) is 1. The van der Waals surface area contributed by atoms with E-state index in [1.807, 2.05) is 7.05 Å². The van der Waals surface area contributed by atoms with Crippen molar-refractivity contribution in [2.24, 2.45) is 11.8 Å². The largest absolute Gasteiger partial charge is 0.355 e. The maximum Gasteiger partial charge on any atom is 0.234 e. The summed E-state index contributed by atoms with van der Waals surface area (Å²) in [6, 6.07) is 0.626. The number of nitrogens with zero attached hydrogens (tertiary/aromatic N) is 1. The Hall–Kier alpha value is -0.610. The number of rotatable bonds is 6. The highest BCUT2D eigenvalue weighted by Gasteiger charge is 2.28. The van der Waals surface area contributed by atoms with Crippen molar-refractivity contribution in [2.75, 3.05) is 33.2 Å². The Morgan fingerprint density at radius 1 is 1.33 bits per heavy atom. The monoisotopic (exact) mass is 253 g/mol. The zero-order valence-corrected chi connectivity index (χ0v) is 11.7. The van der Waals surface area contributed by atoms with Crippen LogP contribution in [-0.4, -0.2) is 50.1 Å². The van der Waals surface area contributed by atoms with Crippen molar-refractivity contribution in [1.29, 1.82) is 0 Å². The molecule has 1 amide bonds. The van der Waals surface area contributed by atoms with Crippen LogP contribution in [0.25, 0.3) is 0 Å². The molecule has 0 bridgehead atoms. The topological polar surface area (TPSA) is 44.4 Å². The molecule has 2 N–H and O–H groups in total. The number of hydrogen-bond acceptors (Lipinski definition) is 3. The molecule has 1 aliphatic heterocycles. The summed E-state index contributed by atoms with van der Waals surface area (Å²) in [6.45, 7) is 5.81. The van der Waals surface area contributed by atoms with E-state index in [2.05, 4.69) is 22.5 Å². The molecule has 0 spiro atoms. The molecule has 2 atom stereocenters. The highest BCUT2D eigenvalue weighted by molar-refractivity contribution is 5.78. The lowest BCUT2D eigenvalue weighted by Gasteiger charge is -2.37. The minimum atomic E-state index is 0.208. The summed E-state index contributed by atoms with van der Waals surface area (Å²) in [7, 11) is 2.05. The quantitative estimate of drug-likeness (QED) is 0.737. The van der Waals surface area contributed by atoms with Crippen molar-refractivity contribution in [3.8, 4) is 0 Å². The first-order valence-corrected chi connectivity index (χ1v) is 7.39. The van der Waals surface area contributed by atoms with Gasteiger partial charge in [-0.2, -0.15) is 0 Å². The van der Waals surface area contributed by atoms with Gasteiger partial charge in [-0.15, -0.1) is 0 Å². The molecule has 2 fully saturated rings. The first-order chi connectivity index (χ1) is 8.72. The van der Waals surface area contributed by atoms with E-state index in [0.717, 1.165) is 32.0 Å². The molecule has 2 unspecified atom stereocenters. The molecule has 0 radical (unpaired) electrons. The number of amides is 1. The molecular formula is C14H27N3O. The lowest BCUT2D eigenvalue weighted by molar-refractivity contribution is -0.122. The SMILES string of the molecule is CCC1CN(CC(=O)NCC2CC2)CCC1NC. The van der Waals surface area contributed by atoms with E-state index >= 15 is 0 Å². The van der Waals surface area contributed by atoms with E-state index in [4.69, 9.17) is 0 Å². The average Bonchev–Trinajstić information content (AvgIpc) is 3.20. The lowest BCUT2D eigenvalue weighted by Crippen LogP contribution is -2.50. The molecule has 1 saturated carbocycles. The second-order valence-corrected chi connectivity index (χ2v) is 5.83. The van der Waals surface area contributed by atoms with Crippen molar-refractivity contribution in [3.63, 3.8) is 0 Å². The Labute approximate surface area is 110 Å². The zero-order valence-electron chi connectivity index (χ0n) is 11.7. The van der Waals surface area contributed by atoms with Crippen LogP contribution in [0, 0.1) is 11.8 Å². The standard InChI is InChI=1S/C14H27N3O/c1-3-12-9-17(7-6-13(12)15-2)10-14(18)16-8-11-4-5-11/h11-13,15H,3-10H2,1-2H3,(H,16,18). The summed E-state index contributed by atoms with van der Waals surface area (Å²) in [4.78, 5) is 14.1. The van der Waals surface area contributed by atoms with E-state index in [9.17, 15) is 4.79 Å². The highest BCUT2D eigenvalue weighted by Crippen LogP contribution is 2.27. The van der Waals surface area contributed by atoms with Crippen molar-refractivity contribution >= 4 is 5.91 Å². The molecule has 0 aromatic rings. The number of hydrogen-bond donors (Lipinski definition) is 2. The van der Waals surface area contributed by atoms with Crippen LogP contribution in [0.15, 0.2) is 0 Å². The Bertz CT molecular complexity index is 278. The second kappa shape index (κ2) is 6.53. The molecule has 104 valence electrons. The summed E-state index contributed by atoms with van der Waals surface area (Å²) in [5, 5.41) is 6.45. The Kier molecular flexibility index (Phi) is 5.01. The van der Waals surface area contributed by atoms with Gasteiger partial charge in [-0.1, -0.05) is 13.3 Å². The van der Waals surface area contributed by atoms with Crippen molar-refractivity contribution in [3.05, 3.63) is 0 Å². The first kappa shape index (κ1) is 13.8. The Morgan fingerprint density at radius 2 is 2.11 bits per heavy atom. The number of carbonyl (C=O) groups is 1. The van der Waals surface area contributed by atoms with Gasteiger partial charge < -0.3 is 10.6 Å². The molecule has 0 aromatic heterocycles. The lowest BCUT2D eigenvalue weighted by atomic mass is 9.90. The van der Waals surface area contributed by atoms with Gasteiger partial charge in [0.25, 0.3) is 0 Å². The van der Waals surface area contributed by atoms with Gasteiger partial charge in [0.1, 0.15) is 0 Å². The first-order valence-electron chi connectivity index (χ1n) is 7.39.